The van der Waals surface area contributed by atoms with E-state index < -0.39 is 22.0 Å². The molecule has 0 saturated heterocycles. The number of sulfonamides is 1. The lowest BCUT2D eigenvalue weighted by molar-refractivity contribution is -0.117. The molecule has 0 atom stereocenters. The minimum atomic E-state index is -4.83. The molecule has 4 rings (SSSR count). The van der Waals surface area contributed by atoms with Crippen LogP contribution in [0.25, 0.3) is 22.0 Å². The number of carbonyl (C=O) groups is 1. The lowest BCUT2D eigenvalue weighted by Gasteiger charge is -2.11. The number of halogens is 3. The van der Waals surface area contributed by atoms with Crippen LogP contribution in [0.2, 0.25) is 0 Å². The molecule has 0 radical (unpaired) electrons. The highest BCUT2D eigenvalue weighted by molar-refractivity contribution is 7.92. The van der Waals surface area contributed by atoms with Gasteiger partial charge in [-0.3, -0.25) is 14.6 Å². The first-order chi connectivity index (χ1) is 14.1. The molecule has 3 aromatic rings. The van der Waals surface area contributed by atoms with E-state index in [2.05, 4.69) is 15.5 Å². The highest BCUT2D eigenvalue weighted by Gasteiger charge is 2.35. The van der Waals surface area contributed by atoms with Crippen molar-refractivity contribution in [2.24, 2.45) is 5.92 Å². The van der Waals surface area contributed by atoms with Crippen LogP contribution in [0.15, 0.2) is 42.5 Å². The van der Waals surface area contributed by atoms with Crippen LogP contribution in [0.3, 0.4) is 0 Å². The van der Waals surface area contributed by atoms with Crippen LogP contribution < -0.4 is 10.0 Å². The van der Waals surface area contributed by atoms with Gasteiger partial charge in [-0.05, 0) is 48.2 Å². The van der Waals surface area contributed by atoms with E-state index in [0.717, 1.165) is 18.2 Å². The van der Waals surface area contributed by atoms with Gasteiger partial charge in [0, 0.05) is 17.0 Å². The van der Waals surface area contributed by atoms with Crippen molar-refractivity contribution in [1.82, 2.24) is 10.2 Å². The summed E-state index contributed by atoms with van der Waals surface area (Å²) in [4.78, 5) is 12.0. The highest BCUT2D eigenvalue weighted by atomic mass is 32.2. The van der Waals surface area contributed by atoms with Gasteiger partial charge in [-0.25, -0.2) is 8.42 Å². The van der Waals surface area contributed by atoms with Crippen LogP contribution in [-0.4, -0.2) is 36.5 Å². The van der Waals surface area contributed by atoms with Gasteiger partial charge in [-0.2, -0.15) is 18.3 Å². The van der Waals surface area contributed by atoms with Crippen molar-refractivity contribution in [3.63, 3.8) is 0 Å². The van der Waals surface area contributed by atoms with Crippen molar-refractivity contribution in [3.05, 3.63) is 42.5 Å². The van der Waals surface area contributed by atoms with E-state index in [0.29, 0.717) is 22.5 Å². The second-order valence-corrected chi connectivity index (χ2v) is 8.88. The number of hydrogen-bond acceptors (Lipinski definition) is 4. The highest BCUT2D eigenvalue weighted by Crippen LogP contribution is 2.32. The number of aromatic nitrogens is 2. The number of nitrogens with one attached hydrogen (secondary N) is 3. The van der Waals surface area contributed by atoms with Crippen LogP contribution in [0.4, 0.5) is 24.7 Å². The third-order valence-corrected chi connectivity index (χ3v) is 5.83. The summed E-state index contributed by atoms with van der Waals surface area (Å²) >= 11 is 0. The van der Waals surface area contributed by atoms with Crippen LogP contribution in [-0.2, 0) is 14.8 Å². The molecule has 0 bridgehead atoms. The summed E-state index contributed by atoms with van der Waals surface area (Å²) in [6.45, 7) is 0. The summed E-state index contributed by atoms with van der Waals surface area (Å²) in [6.07, 6.45) is -3.08. The van der Waals surface area contributed by atoms with Crippen molar-refractivity contribution < 1.29 is 26.4 Å². The van der Waals surface area contributed by atoms with Gasteiger partial charge in [-0.15, -0.1) is 0 Å². The number of hydrogen-bond donors (Lipinski definition) is 3. The van der Waals surface area contributed by atoms with E-state index in [1.807, 2.05) is 4.72 Å². The summed E-state index contributed by atoms with van der Waals surface area (Å²) in [6, 6.07) is 11.3. The molecule has 1 aromatic heterocycles. The van der Waals surface area contributed by atoms with Gasteiger partial charge in [0.15, 0.2) is 11.6 Å². The number of alkyl halides is 3. The zero-order valence-corrected chi connectivity index (χ0v) is 16.3. The van der Waals surface area contributed by atoms with E-state index >= 15 is 0 Å². The molecule has 0 unspecified atom stereocenters. The minimum absolute atomic E-state index is 0.0267. The topological polar surface area (TPSA) is 104 Å². The molecular formula is C19H17F3N4O3S. The van der Waals surface area contributed by atoms with Crippen LogP contribution in [0, 0.1) is 5.92 Å². The summed E-state index contributed by atoms with van der Waals surface area (Å²) in [5, 5.41) is 10.5. The number of carbonyl (C=O) groups excluding carboxylic acids is 1. The van der Waals surface area contributed by atoms with E-state index in [9.17, 15) is 26.4 Å². The second-order valence-electron chi connectivity index (χ2n) is 7.15. The Morgan fingerprint density at radius 1 is 1.13 bits per heavy atom. The summed E-state index contributed by atoms with van der Waals surface area (Å²) < 4.78 is 62.6. The zero-order chi connectivity index (χ0) is 21.5. The zero-order valence-electron chi connectivity index (χ0n) is 15.5. The van der Waals surface area contributed by atoms with E-state index in [4.69, 9.17) is 0 Å². The molecular weight excluding hydrogens is 421 g/mol. The molecule has 1 heterocycles. The molecule has 1 amide bonds. The first-order valence-electron chi connectivity index (χ1n) is 9.06. The molecule has 3 N–H and O–H groups in total. The Bertz CT molecular complexity index is 1220. The smallest absolute Gasteiger partial charge is 0.308 e. The number of rotatable bonds is 6. The number of nitrogens with zero attached hydrogens (tertiary/aromatic N) is 1. The lowest BCUT2D eigenvalue weighted by atomic mass is 10.0. The van der Waals surface area contributed by atoms with Gasteiger partial charge in [0.2, 0.25) is 15.9 Å². The monoisotopic (exact) mass is 438 g/mol. The molecule has 1 aliphatic carbocycles. The third kappa shape index (κ3) is 4.73. The molecule has 7 nitrogen and oxygen atoms in total. The average molecular weight is 438 g/mol. The maximum absolute atomic E-state index is 12.4. The van der Waals surface area contributed by atoms with Gasteiger partial charge < -0.3 is 5.32 Å². The first-order valence-corrected chi connectivity index (χ1v) is 10.7. The Balaban J connectivity index is 1.56. The molecule has 0 aliphatic heterocycles. The Morgan fingerprint density at radius 2 is 1.87 bits per heavy atom. The number of H-pyrrole nitrogens is 1. The van der Waals surface area contributed by atoms with Crippen molar-refractivity contribution in [3.8, 4) is 11.1 Å². The molecule has 2 aromatic carbocycles. The standard InChI is InChI=1S/C19H17F3N4O3S/c20-19(21,22)10-30(28,29)26-14-3-1-2-12(8-14)13-6-7-15-16(9-13)24-25-17(15)23-18(27)11-4-5-11/h1-3,6-9,11,26H,4-5,10H2,(H2,23,24,25,27). The van der Waals surface area contributed by atoms with E-state index in [-0.39, 0.29) is 17.5 Å². The Kier molecular flexibility index (Phi) is 4.92. The van der Waals surface area contributed by atoms with Gasteiger partial charge in [0.1, 0.15) is 0 Å². The van der Waals surface area contributed by atoms with Gasteiger partial charge in [-0.1, -0.05) is 18.2 Å². The fraction of sp³-hybridized carbons (Fsp3) is 0.263. The van der Waals surface area contributed by atoms with E-state index in [1.165, 1.54) is 12.1 Å². The Labute approximate surface area is 169 Å². The van der Waals surface area contributed by atoms with Crippen molar-refractivity contribution in [2.45, 2.75) is 19.0 Å². The maximum atomic E-state index is 12.4. The number of anilines is 2. The van der Waals surface area contributed by atoms with Crippen LogP contribution in [0.1, 0.15) is 12.8 Å². The van der Waals surface area contributed by atoms with E-state index in [1.54, 1.807) is 30.3 Å². The molecule has 1 saturated carbocycles. The molecule has 0 spiro atoms. The number of aromatic amines is 1. The largest absolute Gasteiger partial charge is 0.404 e. The summed E-state index contributed by atoms with van der Waals surface area (Å²) in [7, 11) is -4.57. The van der Waals surface area contributed by atoms with Crippen molar-refractivity contribution >= 4 is 38.3 Å². The quantitative estimate of drug-likeness (QED) is 0.543. The predicted molar refractivity (Wildman–Crippen MR) is 106 cm³/mol. The van der Waals surface area contributed by atoms with Crippen LogP contribution >= 0.6 is 0 Å². The number of amides is 1. The lowest BCUT2D eigenvalue weighted by Crippen LogP contribution is -2.27. The summed E-state index contributed by atoms with van der Waals surface area (Å²) in [5.41, 5.74) is 1.98. The number of fused-ring (bicyclic) bond motifs is 1. The Morgan fingerprint density at radius 3 is 2.57 bits per heavy atom. The third-order valence-electron chi connectivity index (χ3n) is 4.58. The first kappa shape index (κ1) is 20.2. The van der Waals surface area contributed by atoms with Gasteiger partial charge >= 0.3 is 6.18 Å². The minimum Gasteiger partial charge on any atom is -0.308 e. The molecule has 1 aliphatic rings. The molecule has 1 fully saturated rings. The number of benzene rings is 2. The Hall–Kier alpha value is -3.08. The predicted octanol–water partition coefficient (Wildman–Crippen LogP) is 3.88. The van der Waals surface area contributed by atoms with Crippen LogP contribution in [0.5, 0.6) is 0 Å². The second kappa shape index (κ2) is 7.31. The SMILES string of the molecule is O=C(Nc1n[nH]c2cc(-c3cccc(NS(=O)(=O)CC(F)(F)F)c3)ccc12)C1CC1. The van der Waals surface area contributed by atoms with Gasteiger partial charge in [0.05, 0.1) is 5.52 Å². The summed E-state index contributed by atoms with van der Waals surface area (Å²) in [5.74, 6) is -1.55. The van der Waals surface area contributed by atoms with Crippen molar-refractivity contribution in [1.29, 1.82) is 0 Å². The fourth-order valence-corrected chi connectivity index (χ4v) is 4.04. The fourth-order valence-electron chi connectivity index (χ4n) is 3.05. The van der Waals surface area contributed by atoms with Crippen molar-refractivity contribution in [2.75, 3.05) is 15.8 Å². The maximum Gasteiger partial charge on any atom is 0.404 e. The molecule has 30 heavy (non-hydrogen) atoms. The van der Waals surface area contributed by atoms with Gasteiger partial charge in [0.25, 0.3) is 0 Å². The molecule has 11 heteroatoms. The molecule has 158 valence electrons. The normalized spacial score (nSPS) is 14.6. The average Bonchev–Trinajstić information content (AvgIpc) is 3.42.